The van der Waals surface area contributed by atoms with Crippen LogP contribution in [0.15, 0.2) is 12.1 Å². The van der Waals surface area contributed by atoms with Gasteiger partial charge in [0.05, 0.1) is 7.11 Å². The smallest absolute Gasteiger partial charge is 0.165 e. The predicted octanol–water partition coefficient (Wildman–Crippen LogP) is 2.16. The van der Waals surface area contributed by atoms with Gasteiger partial charge in [0.2, 0.25) is 0 Å². The highest BCUT2D eigenvalue weighted by molar-refractivity contribution is 5.40. The standard InChI is InChI=1S/C10H14FNO/c1-6-4-8(7(2)12)10(13-3)9(11)5-6/h4-5,7H,12H2,1-3H3. The topological polar surface area (TPSA) is 35.2 Å². The highest BCUT2D eigenvalue weighted by Crippen LogP contribution is 2.27. The van der Waals surface area contributed by atoms with Crippen LogP contribution in [0.1, 0.15) is 24.1 Å². The molecule has 0 radical (unpaired) electrons. The van der Waals surface area contributed by atoms with Gasteiger partial charge in [0.25, 0.3) is 0 Å². The number of halogens is 1. The lowest BCUT2D eigenvalue weighted by atomic mass is 10.0. The molecule has 2 N–H and O–H groups in total. The number of rotatable bonds is 2. The molecule has 1 rings (SSSR count). The molecule has 3 heteroatoms. The molecule has 13 heavy (non-hydrogen) atoms. The largest absolute Gasteiger partial charge is 0.493 e. The molecule has 1 aromatic carbocycles. The van der Waals surface area contributed by atoms with E-state index in [1.807, 2.05) is 13.0 Å². The van der Waals surface area contributed by atoms with Crippen molar-refractivity contribution in [2.75, 3.05) is 7.11 Å². The summed E-state index contributed by atoms with van der Waals surface area (Å²) >= 11 is 0. The number of aryl methyl sites for hydroxylation is 1. The highest BCUT2D eigenvalue weighted by Gasteiger charge is 2.12. The van der Waals surface area contributed by atoms with E-state index in [-0.39, 0.29) is 17.6 Å². The van der Waals surface area contributed by atoms with Crippen molar-refractivity contribution in [3.63, 3.8) is 0 Å². The number of methoxy groups -OCH3 is 1. The van der Waals surface area contributed by atoms with Gasteiger partial charge < -0.3 is 10.5 Å². The van der Waals surface area contributed by atoms with Gasteiger partial charge in [-0.25, -0.2) is 4.39 Å². The monoisotopic (exact) mass is 183 g/mol. The van der Waals surface area contributed by atoms with Gasteiger partial charge in [0.15, 0.2) is 11.6 Å². The van der Waals surface area contributed by atoms with E-state index in [9.17, 15) is 4.39 Å². The van der Waals surface area contributed by atoms with Gasteiger partial charge in [0, 0.05) is 11.6 Å². The van der Waals surface area contributed by atoms with Crippen molar-refractivity contribution in [1.29, 1.82) is 0 Å². The van der Waals surface area contributed by atoms with E-state index >= 15 is 0 Å². The Kier molecular flexibility index (Phi) is 2.88. The summed E-state index contributed by atoms with van der Waals surface area (Å²) < 4.78 is 18.2. The van der Waals surface area contributed by atoms with Gasteiger partial charge in [-0.3, -0.25) is 0 Å². The summed E-state index contributed by atoms with van der Waals surface area (Å²) in [7, 11) is 1.44. The number of hydrogen-bond donors (Lipinski definition) is 1. The molecule has 1 atom stereocenters. The fraction of sp³-hybridized carbons (Fsp3) is 0.400. The summed E-state index contributed by atoms with van der Waals surface area (Å²) in [6, 6.07) is 3.06. The molecule has 0 fully saturated rings. The zero-order valence-electron chi connectivity index (χ0n) is 8.10. The molecule has 0 amide bonds. The number of hydrogen-bond acceptors (Lipinski definition) is 2. The Morgan fingerprint density at radius 3 is 2.54 bits per heavy atom. The summed E-state index contributed by atoms with van der Waals surface area (Å²) in [5.74, 6) is -0.101. The van der Waals surface area contributed by atoms with Gasteiger partial charge in [-0.2, -0.15) is 0 Å². The first kappa shape index (κ1) is 9.99. The summed E-state index contributed by atoms with van der Waals surface area (Å²) in [6.07, 6.45) is 0. The predicted molar refractivity (Wildman–Crippen MR) is 50.3 cm³/mol. The molecule has 0 saturated heterocycles. The molecule has 1 aromatic rings. The second-order valence-electron chi connectivity index (χ2n) is 3.16. The van der Waals surface area contributed by atoms with Crippen molar-refractivity contribution in [1.82, 2.24) is 0 Å². The fourth-order valence-corrected chi connectivity index (χ4v) is 1.31. The lowest BCUT2D eigenvalue weighted by Crippen LogP contribution is -2.08. The van der Waals surface area contributed by atoms with Crippen molar-refractivity contribution < 1.29 is 9.13 Å². The molecule has 72 valence electrons. The highest BCUT2D eigenvalue weighted by atomic mass is 19.1. The molecule has 0 aliphatic carbocycles. The molecular formula is C10H14FNO. The van der Waals surface area contributed by atoms with Crippen molar-refractivity contribution in [3.8, 4) is 5.75 Å². The van der Waals surface area contributed by atoms with Crippen LogP contribution in [0.2, 0.25) is 0 Å². The van der Waals surface area contributed by atoms with Crippen LogP contribution < -0.4 is 10.5 Å². The van der Waals surface area contributed by atoms with Crippen molar-refractivity contribution in [3.05, 3.63) is 29.1 Å². The van der Waals surface area contributed by atoms with Crippen LogP contribution in [0.4, 0.5) is 4.39 Å². The van der Waals surface area contributed by atoms with Gasteiger partial charge in [-0.05, 0) is 25.5 Å². The zero-order chi connectivity index (χ0) is 10.0. The molecule has 0 aliphatic heterocycles. The molecule has 1 unspecified atom stereocenters. The van der Waals surface area contributed by atoms with Crippen LogP contribution in [0.3, 0.4) is 0 Å². The summed E-state index contributed by atoms with van der Waals surface area (Å²) in [5, 5.41) is 0. The average molecular weight is 183 g/mol. The van der Waals surface area contributed by atoms with E-state index < -0.39 is 0 Å². The van der Waals surface area contributed by atoms with Crippen molar-refractivity contribution >= 4 is 0 Å². The Balaban J connectivity index is 3.29. The number of benzene rings is 1. The van der Waals surface area contributed by atoms with Gasteiger partial charge in [-0.1, -0.05) is 6.07 Å². The maximum Gasteiger partial charge on any atom is 0.165 e. The van der Waals surface area contributed by atoms with Gasteiger partial charge in [0.1, 0.15) is 0 Å². The molecule has 2 nitrogen and oxygen atoms in total. The van der Waals surface area contributed by atoms with Crippen molar-refractivity contribution in [2.45, 2.75) is 19.9 Å². The average Bonchev–Trinajstić information content (AvgIpc) is 2.02. The fourth-order valence-electron chi connectivity index (χ4n) is 1.31. The molecule has 0 spiro atoms. The molecule has 0 heterocycles. The second-order valence-corrected chi connectivity index (χ2v) is 3.16. The SMILES string of the molecule is COc1c(F)cc(C)cc1C(C)N. The maximum atomic E-state index is 13.3. The number of nitrogens with two attached hydrogens (primary N) is 1. The summed E-state index contributed by atoms with van der Waals surface area (Å²) in [6.45, 7) is 3.63. The second kappa shape index (κ2) is 3.75. The molecule has 0 saturated carbocycles. The normalized spacial score (nSPS) is 12.7. The van der Waals surface area contributed by atoms with Gasteiger partial charge in [-0.15, -0.1) is 0 Å². The van der Waals surface area contributed by atoms with E-state index in [0.29, 0.717) is 5.56 Å². The van der Waals surface area contributed by atoms with Crippen LogP contribution in [0, 0.1) is 12.7 Å². The van der Waals surface area contributed by atoms with E-state index in [0.717, 1.165) is 5.56 Å². The van der Waals surface area contributed by atoms with Crippen LogP contribution in [-0.4, -0.2) is 7.11 Å². The third-order valence-corrected chi connectivity index (χ3v) is 1.91. The van der Waals surface area contributed by atoms with Crippen LogP contribution in [-0.2, 0) is 0 Å². The summed E-state index contributed by atoms with van der Waals surface area (Å²) in [4.78, 5) is 0. The van der Waals surface area contributed by atoms with Crippen LogP contribution >= 0.6 is 0 Å². The van der Waals surface area contributed by atoms with E-state index in [4.69, 9.17) is 10.5 Å². The van der Waals surface area contributed by atoms with E-state index in [1.54, 1.807) is 6.92 Å². The zero-order valence-corrected chi connectivity index (χ0v) is 8.10. The lowest BCUT2D eigenvalue weighted by molar-refractivity contribution is 0.378. The summed E-state index contributed by atoms with van der Waals surface area (Å²) in [5.41, 5.74) is 7.24. The first-order valence-electron chi connectivity index (χ1n) is 4.16. The Morgan fingerprint density at radius 2 is 2.08 bits per heavy atom. The molecule has 0 bridgehead atoms. The Morgan fingerprint density at radius 1 is 1.46 bits per heavy atom. The van der Waals surface area contributed by atoms with Crippen molar-refractivity contribution in [2.24, 2.45) is 5.73 Å². The van der Waals surface area contributed by atoms with Crippen LogP contribution in [0.25, 0.3) is 0 Å². The first-order chi connectivity index (χ1) is 6.06. The first-order valence-corrected chi connectivity index (χ1v) is 4.16. The molecule has 0 aromatic heterocycles. The maximum absolute atomic E-state index is 13.3. The quantitative estimate of drug-likeness (QED) is 0.762. The third kappa shape index (κ3) is 1.98. The van der Waals surface area contributed by atoms with Gasteiger partial charge >= 0.3 is 0 Å². The molecular weight excluding hydrogens is 169 g/mol. The third-order valence-electron chi connectivity index (χ3n) is 1.91. The minimum absolute atomic E-state index is 0.218. The Hall–Kier alpha value is -1.09. The van der Waals surface area contributed by atoms with E-state index in [1.165, 1.54) is 13.2 Å². The lowest BCUT2D eigenvalue weighted by Gasteiger charge is -2.13. The Bertz CT molecular complexity index is 310. The van der Waals surface area contributed by atoms with Crippen LogP contribution in [0.5, 0.6) is 5.75 Å². The minimum Gasteiger partial charge on any atom is -0.493 e. The number of ether oxygens (including phenoxy) is 1. The van der Waals surface area contributed by atoms with E-state index in [2.05, 4.69) is 0 Å². The Labute approximate surface area is 77.5 Å². The molecule has 0 aliphatic rings. The minimum atomic E-state index is -0.352.